The molecule has 1 heterocycles. The van der Waals surface area contributed by atoms with E-state index in [1.54, 1.807) is 38.1 Å². The van der Waals surface area contributed by atoms with Gasteiger partial charge in [-0.1, -0.05) is 42.5 Å². The minimum atomic E-state index is -0.516. The molecule has 0 amide bonds. The van der Waals surface area contributed by atoms with Gasteiger partial charge in [0.1, 0.15) is 11.6 Å². The fourth-order valence-corrected chi connectivity index (χ4v) is 3.58. The lowest BCUT2D eigenvalue weighted by Gasteiger charge is -2.14. The van der Waals surface area contributed by atoms with Gasteiger partial charge >= 0.3 is 5.97 Å². The van der Waals surface area contributed by atoms with Crippen LogP contribution in [0, 0.1) is 18.6 Å². The van der Waals surface area contributed by atoms with Gasteiger partial charge in [-0.25, -0.2) is 18.6 Å². The molecular weight excluding hydrogens is 384 g/mol. The highest BCUT2D eigenvalue weighted by Crippen LogP contribution is 2.32. The minimum absolute atomic E-state index is 0.212. The van der Waals surface area contributed by atoms with E-state index in [1.165, 1.54) is 18.2 Å². The van der Waals surface area contributed by atoms with Gasteiger partial charge in [0.15, 0.2) is 0 Å². The summed E-state index contributed by atoms with van der Waals surface area (Å²) in [6.07, 6.45) is 0. The predicted molar refractivity (Wildman–Crippen MR) is 113 cm³/mol. The Kier molecular flexibility index (Phi) is 5.27. The van der Waals surface area contributed by atoms with Crippen molar-refractivity contribution < 1.29 is 18.3 Å². The number of carbonyl (C=O) groups excluding carboxylic acids is 1. The first-order valence-corrected chi connectivity index (χ1v) is 9.62. The fraction of sp³-hybridized carbons (Fsp3) is 0.120. The number of rotatable bonds is 4. The molecule has 1 aromatic heterocycles. The van der Waals surface area contributed by atoms with Crippen LogP contribution in [-0.4, -0.2) is 17.6 Å². The van der Waals surface area contributed by atoms with Crippen molar-refractivity contribution in [3.8, 4) is 22.4 Å². The van der Waals surface area contributed by atoms with Gasteiger partial charge in [-0.15, -0.1) is 0 Å². The Bertz CT molecular complexity index is 1250. The summed E-state index contributed by atoms with van der Waals surface area (Å²) in [4.78, 5) is 17.3. The number of ether oxygens (including phenoxy) is 1. The Morgan fingerprint density at radius 2 is 1.67 bits per heavy atom. The maximum Gasteiger partial charge on any atom is 0.339 e. The third-order valence-corrected chi connectivity index (χ3v) is 5.01. The maximum atomic E-state index is 14.1. The smallest absolute Gasteiger partial charge is 0.339 e. The van der Waals surface area contributed by atoms with E-state index in [4.69, 9.17) is 4.74 Å². The second-order valence-electron chi connectivity index (χ2n) is 6.90. The summed E-state index contributed by atoms with van der Waals surface area (Å²) in [5.74, 6) is -1.26. The van der Waals surface area contributed by atoms with Crippen molar-refractivity contribution >= 4 is 16.9 Å². The number of aromatic nitrogens is 1. The molecule has 4 rings (SSSR count). The van der Waals surface area contributed by atoms with Gasteiger partial charge in [-0.05, 0) is 49.2 Å². The molecule has 0 aliphatic carbocycles. The second-order valence-corrected chi connectivity index (χ2v) is 6.90. The fourth-order valence-electron chi connectivity index (χ4n) is 3.58. The number of fused-ring (bicyclic) bond motifs is 1. The van der Waals surface area contributed by atoms with Gasteiger partial charge < -0.3 is 4.74 Å². The van der Waals surface area contributed by atoms with E-state index in [1.807, 2.05) is 24.3 Å². The molecular formula is C25H19F2NO2. The number of halogens is 2. The van der Waals surface area contributed by atoms with Crippen LogP contribution in [0.15, 0.2) is 66.7 Å². The van der Waals surface area contributed by atoms with E-state index in [0.717, 1.165) is 11.1 Å². The first-order chi connectivity index (χ1) is 14.5. The van der Waals surface area contributed by atoms with E-state index in [0.29, 0.717) is 33.3 Å². The Balaban J connectivity index is 1.87. The van der Waals surface area contributed by atoms with Crippen LogP contribution >= 0.6 is 0 Å². The standard InChI is InChI=1S/C25H19F2NO2/c1-3-30-25(29)23-15(2)24(28-22-13-12-18(26)14-20(22)23)17-10-8-16(9-11-17)19-6-4-5-7-21(19)27/h4-14H,3H2,1-2H3. The highest BCUT2D eigenvalue weighted by Gasteiger charge is 2.20. The normalized spacial score (nSPS) is 10.9. The van der Waals surface area contributed by atoms with Crippen molar-refractivity contribution in [2.75, 3.05) is 6.61 Å². The van der Waals surface area contributed by atoms with Gasteiger partial charge in [-0.3, -0.25) is 0 Å². The Hall–Kier alpha value is -3.60. The molecule has 0 N–H and O–H groups in total. The molecule has 0 saturated heterocycles. The van der Waals surface area contributed by atoms with Crippen LogP contribution < -0.4 is 0 Å². The first-order valence-electron chi connectivity index (χ1n) is 9.62. The number of benzene rings is 3. The second kappa shape index (κ2) is 8.03. The molecule has 0 unspecified atom stereocenters. The highest BCUT2D eigenvalue weighted by molar-refractivity contribution is 6.06. The molecule has 0 bridgehead atoms. The van der Waals surface area contributed by atoms with Gasteiger partial charge in [0.25, 0.3) is 0 Å². The van der Waals surface area contributed by atoms with Crippen LogP contribution in [0.3, 0.4) is 0 Å². The Labute approximate surface area is 173 Å². The molecule has 0 radical (unpaired) electrons. The van der Waals surface area contributed by atoms with Gasteiger partial charge in [0, 0.05) is 16.5 Å². The van der Waals surface area contributed by atoms with Crippen molar-refractivity contribution in [1.29, 1.82) is 0 Å². The summed E-state index contributed by atoms with van der Waals surface area (Å²) >= 11 is 0. The number of hydrogen-bond acceptors (Lipinski definition) is 3. The molecule has 0 fully saturated rings. The number of carbonyl (C=O) groups is 1. The topological polar surface area (TPSA) is 39.2 Å². The quantitative estimate of drug-likeness (QED) is 0.374. The van der Waals surface area contributed by atoms with Crippen molar-refractivity contribution in [2.24, 2.45) is 0 Å². The van der Waals surface area contributed by atoms with Crippen LogP contribution in [0.25, 0.3) is 33.3 Å². The zero-order valence-corrected chi connectivity index (χ0v) is 16.6. The number of hydrogen-bond donors (Lipinski definition) is 0. The molecule has 150 valence electrons. The summed E-state index contributed by atoms with van der Waals surface area (Å²) in [5.41, 5.74) is 4.01. The van der Waals surface area contributed by atoms with Crippen molar-refractivity contribution in [1.82, 2.24) is 4.98 Å². The molecule has 3 aromatic carbocycles. The van der Waals surface area contributed by atoms with Crippen molar-refractivity contribution in [3.05, 3.63) is 89.5 Å². The Morgan fingerprint density at radius 1 is 0.967 bits per heavy atom. The third kappa shape index (κ3) is 3.54. The largest absolute Gasteiger partial charge is 0.462 e. The predicted octanol–water partition coefficient (Wildman–Crippen LogP) is 6.33. The van der Waals surface area contributed by atoms with E-state index in [2.05, 4.69) is 4.98 Å². The first kappa shape index (κ1) is 19.7. The van der Waals surface area contributed by atoms with E-state index < -0.39 is 11.8 Å². The lowest BCUT2D eigenvalue weighted by atomic mass is 9.96. The molecule has 0 saturated carbocycles. The summed E-state index contributed by atoms with van der Waals surface area (Å²) in [6.45, 7) is 3.70. The van der Waals surface area contributed by atoms with Gasteiger partial charge in [0.05, 0.1) is 23.4 Å². The molecule has 30 heavy (non-hydrogen) atoms. The summed E-state index contributed by atoms with van der Waals surface area (Å²) in [7, 11) is 0. The van der Waals surface area contributed by atoms with Crippen LogP contribution in [0.4, 0.5) is 8.78 Å². The van der Waals surface area contributed by atoms with Crippen LogP contribution in [0.5, 0.6) is 0 Å². The molecule has 0 atom stereocenters. The van der Waals surface area contributed by atoms with Crippen LogP contribution in [0.1, 0.15) is 22.8 Å². The van der Waals surface area contributed by atoms with Gasteiger partial charge in [-0.2, -0.15) is 0 Å². The van der Waals surface area contributed by atoms with Crippen molar-refractivity contribution in [2.45, 2.75) is 13.8 Å². The number of pyridine rings is 1. The lowest BCUT2D eigenvalue weighted by Crippen LogP contribution is -2.10. The SMILES string of the molecule is CCOC(=O)c1c(C)c(-c2ccc(-c3ccccc3F)cc2)nc2ccc(F)cc12. The molecule has 3 nitrogen and oxygen atoms in total. The van der Waals surface area contributed by atoms with E-state index >= 15 is 0 Å². The zero-order valence-electron chi connectivity index (χ0n) is 16.6. The summed E-state index contributed by atoms with van der Waals surface area (Å²) in [5, 5.41) is 0.415. The zero-order chi connectivity index (χ0) is 21.3. The highest BCUT2D eigenvalue weighted by atomic mass is 19.1. The molecule has 0 aliphatic heterocycles. The number of nitrogens with zero attached hydrogens (tertiary/aromatic N) is 1. The molecule has 4 aromatic rings. The average molecular weight is 403 g/mol. The van der Waals surface area contributed by atoms with Crippen LogP contribution in [-0.2, 0) is 4.74 Å². The molecule has 5 heteroatoms. The summed E-state index contributed by atoms with van der Waals surface area (Å²) < 4.78 is 33.1. The minimum Gasteiger partial charge on any atom is -0.462 e. The van der Waals surface area contributed by atoms with E-state index in [9.17, 15) is 13.6 Å². The number of esters is 1. The third-order valence-electron chi connectivity index (χ3n) is 5.01. The summed E-state index contributed by atoms with van der Waals surface area (Å²) in [6, 6.07) is 18.0. The monoisotopic (exact) mass is 403 g/mol. The van der Waals surface area contributed by atoms with Crippen molar-refractivity contribution in [3.63, 3.8) is 0 Å². The molecule has 0 spiro atoms. The van der Waals surface area contributed by atoms with Crippen LogP contribution in [0.2, 0.25) is 0 Å². The maximum absolute atomic E-state index is 14.1. The molecule has 0 aliphatic rings. The lowest BCUT2D eigenvalue weighted by molar-refractivity contribution is 0.0528. The van der Waals surface area contributed by atoms with Gasteiger partial charge in [0.2, 0.25) is 0 Å². The average Bonchev–Trinajstić information content (AvgIpc) is 2.74. The Morgan fingerprint density at radius 3 is 2.37 bits per heavy atom. The van der Waals surface area contributed by atoms with E-state index in [-0.39, 0.29) is 12.4 Å².